The average molecular weight is 245 g/mol. The van der Waals surface area contributed by atoms with Gasteiger partial charge in [0, 0.05) is 4.90 Å². The van der Waals surface area contributed by atoms with E-state index in [-0.39, 0.29) is 16.0 Å². The fourth-order valence-corrected chi connectivity index (χ4v) is 1.38. The molecule has 0 saturated carbocycles. The molecular formula is C9H5F2NO3S. The summed E-state index contributed by atoms with van der Waals surface area (Å²) in [6, 6.07) is 3.61. The van der Waals surface area contributed by atoms with Crippen LogP contribution in [0.4, 0.5) is 8.78 Å². The fraction of sp³-hybridized carbons (Fsp3) is 0.111. The Morgan fingerprint density at radius 1 is 1.56 bits per heavy atom. The molecule has 16 heavy (non-hydrogen) atoms. The van der Waals surface area contributed by atoms with Crippen molar-refractivity contribution < 1.29 is 23.4 Å². The standard InChI is InChI=1S/C9H5F2NO3S/c10-9(11)15-6-2-1-4(8(13)14)7(16)5(6)3-12/h1-2,9,16H,(H,13,14). The molecule has 7 heteroatoms. The van der Waals surface area contributed by atoms with E-state index in [9.17, 15) is 13.6 Å². The number of carbonyl (C=O) groups is 1. The maximum Gasteiger partial charge on any atom is 0.387 e. The quantitative estimate of drug-likeness (QED) is 0.800. The Morgan fingerprint density at radius 2 is 2.19 bits per heavy atom. The maximum absolute atomic E-state index is 12.0. The van der Waals surface area contributed by atoms with Crippen LogP contribution in [0.5, 0.6) is 5.75 Å². The lowest BCUT2D eigenvalue weighted by Gasteiger charge is -2.09. The van der Waals surface area contributed by atoms with Crippen molar-refractivity contribution >= 4 is 18.6 Å². The van der Waals surface area contributed by atoms with Gasteiger partial charge < -0.3 is 9.84 Å². The minimum absolute atomic E-state index is 0.201. The second-order valence-electron chi connectivity index (χ2n) is 2.63. The third-order valence-electron chi connectivity index (χ3n) is 1.70. The third kappa shape index (κ3) is 2.41. The summed E-state index contributed by atoms with van der Waals surface area (Å²) in [6.45, 7) is -3.09. The van der Waals surface area contributed by atoms with Crippen LogP contribution in [0.2, 0.25) is 0 Å². The van der Waals surface area contributed by atoms with Crippen molar-refractivity contribution in [1.82, 2.24) is 0 Å². The highest BCUT2D eigenvalue weighted by atomic mass is 32.1. The van der Waals surface area contributed by atoms with E-state index in [1.165, 1.54) is 0 Å². The van der Waals surface area contributed by atoms with E-state index < -0.39 is 18.3 Å². The summed E-state index contributed by atoms with van der Waals surface area (Å²) in [7, 11) is 0. The van der Waals surface area contributed by atoms with Crippen LogP contribution in [0.15, 0.2) is 17.0 Å². The number of thiol groups is 1. The number of halogens is 2. The van der Waals surface area contributed by atoms with Gasteiger partial charge in [-0.05, 0) is 12.1 Å². The van der Waals surface area contributed by atoms with Crippen LogP contribution in [0.1, 0.15) is 15.9 Å². The molecule has 0 aliphatic rings. The molecule has 0 aliphatic carbocycles. The predicted octanol–water partition coefficient (Wildman–Crippen LogP) is 2.15. The van der Waals surface area contributed by atoms with Crippen molar-refractivity contribution in [2.45, 2.75) is 11.5 Å². The molecule has 0 atom stereocenters. The van der Waals surface area contributed by atoms with Gasteiger partial charge in [0.2, 0.25) is 0 Å². The topological polar surface area (TPSA) is 70.3 Å². The second kappa shape index (κ2) is 4.81. The van der Waals surface area contributed by atoms with Crippen LogP contribution >= 0.6 is 12.6 Å². The molecule has 0 aliphatic heterocycles. The minimum atomic E-state index is -3.09. The number of hydrogen-bond acceptors (Lipinski definition) is 4. The third-order valence-corrected chi connectivity index (χ3v) is 2.16. The molecule has 1 aromatic carbocycles. The molecule has 4 nitrogen and oxygen atoms in total. The molecule has 84 valence electrons. The van der Waals surface area contributed by atoms with Gasteiger partial charge in [0.25, 0.3) is 0 Å². The van der Waals surface area contributed by atoms with E-state index in [1.54, 1.807) is 6.07 Å². The van der Waals surface area contributed by atoms with Crippen LogP contribution in [0.25, 0.3) is 0 Å². The smallest absolute Gasteiger partial charge is 0.387 e. The summed E-state index contributed by atoms with van der Waals surface area (Å²) in [4.78, 5) is 10.5. The molecule has 1 aromatic rings. The van der Waals surface area contributed by atoms with Gasteiger partial charge in [-0.1, -0.05) is 0 Å². The number of aromatic carboxylic acids is 1. The number of alkyl halides is 2. The van der Waals surface area contributed by atoms with Gasteiger partial charge >= 0.3 is 12.6 Å². The van der Waals surface area contributed by atoms with Crippen LogP contribution in [0.3, 0.4) is 0 Å². The summed E-state index contributed by atoms with van der Waals surface area (Å²) in [5.41, 5.74) is -0.579. The SMILES string of the molecule is N#Cc1c(OC(F)F)ccc(C(=O)O)c1S. The molecule has 0 aromatic heterocycles. The molecule has 1 N–H and O–H groups in total. The van der Waals surface area contributed by atoms with E-state index >= 15 is 0 Å². The number of ether oxygens (including phenoxy) is 1. The van der Waals surface area contributed by atoms with Crippen LogP contribution in [-0.2, 0) is 0 Å². The van der Waals surface area contributed by atoms with Crippen LogP contribution < -0.4 is 4.74 Å². The van der Waals surface area contributed by atoms with Crippen LogP contribution in [0, 0.1) is 11.3 Å². The summed E-state index contributed by atoms with van der Waals surface area (Å²) in [5.74, 6) is -1.70. The first kappa shape index (κ1) is 12.3. The van der Waals surface area contributed by atoms with E-state index in [1.807, 2.05) is 0 Å². The lowest BCUT2D eigenvalue weighted by Crippen LogP contribution is -2.06. The normalized spacial score (nSPS) is 9.94. The molecule has 0 amide bonds. The number of hydrogen-bond donors (Lipinski definition) is 2. The minimum Gasteiger partial charge on any atom is -0.478 e. The summed E-state index contributed by atoms with van der Waals surface area (Å²) >= 11 is 3.79. The van der Waals surface area contributed by atoms with Crippen molar-refractivity contribution in [3.05, 3.63) is 23.3 Å². The van der Waals surface area contributed by atoms with Gasteiger partial charge in [-0.2, -0.15) is 14.0 Å². The molecular weight excluding hydrogens is 240 g/mol. The Morgan fingerprint density at radius 3 is 2.62 bits per heavy atom. The van der Waals surface area contributed by atoms with Crippen molar-refractivity contribution in [2.75, 3.05) is 0 Å². The lowest BCUT2D eigenvalue weighted by atomic mass is 10.1. The van der Waals surface area contributed by atoms with E-state index in [0.717, 1.165) is 12.1 Å². The van der Waals surface area contributed by atoms with Crippen molar-refractivity contribution in [2.24, 2.45) is 0 Å². The number of nitriles is 1. The van der Waals surface area contributed by atoms with Gasteiger partial charge in [0.1, 0.15) is 17.4 Å². The average Bonchev–Trinajstić information content (AvgIpc) is 2.16. The van der Waals surface area contributed by atoms with Crippen molar-refractivity contribution in [3.8, 4) is 11.8 Å². The van der Waals surface area contributed by atoms with Gasteiger partial charge in [0.15, 0.2) is 0 Å². The van der Waals surface area contributed by atoms with E-state index in [0.29, 0.717) is 0 Å². The zero-order chi connectivity index (χ0) is 12.3. The Balaban J connectivity index is 3.31. The van der Waals surface area contributed by atoms with E-state index in [2.05, 4.69) is 17.4 Å². The second-order valence-corrected chi connectivity index (χ2v) is 3.08. The number of carboxylic acid groups (broad SMARTS) is 1. The molecule has 0 heterocycles. The lowest BCUT2D eigenvalue weighted by molar-refractivity contribution is -0.0501. The highest BCUT2D eigenvalue weighted by molar-refractivity contribution is 7.80. The van der Waals surface area contributed by atoms with Gasteiger partial charge in [-0.15, -0.1) is 12.6 Å². The van der Waals surface area contributed by atoms with Crippen molar-refractivity contribution in [3.63, 3.8) is 0 Å². The first-order valence-electron chi connectivity index (χ1n) is 3.91. The Labute approximate surface area is 94.5 Å². The maximum atomic E-state index is 12.0. The Bertz CT molecular complexity index is 471. The molecule has 0 fully saturated rings. The number of nitrogens with zero attached hydrogens (tertiary/aromatic N) is 1. The largest absolute Gasteiger partial charge is 0.478 e. The molecule has 1 rings (SSSR count). The number of carboxylic acids is 1. The highest BCUT2D eigenvalue weighted by Crippen LogP contribution is 2.29. The Kier molecular flexibility index (Phi) is 3.68. The zero-order valence-electron chi connectivity index (χ0n) is 7.65. The molecule has 0 saturated heterocycles. The predicted molar refractivity (Wildman–Crippen MR) is 52.0 cm³/mol. The van der Waals surface area contributed by atoms with E-state index in [4.69, 9.17) is 10.4 Å². The summed E-state index contributed by atoms with van der Waals surface area (Å²) in [6.07, 6.45) is 0. The number of rotatable bonds is 3. The van der Waals surface area contributed by atoms with Gasteiger partial charge in [-0.25, -0.2) is 4.79 Å². The fourth-order valence-electron chi connectivity index (χ4n) is 1.05. The van der Waals surface area contributed by atoms with Gasteiger partial charge in [-0.3, -0.25) is 0 Å². The van der Waals surface area contributed by atoms with Crippen LogP contribution in [-0.4, -0.2) is 17.7 Å². The molecule has 0 bridgehead atoms. The Hall–Kier alpha value is -1.81. The monoisotopic (exact) mass is 245 g/mol. The highest BCUT2D eigenvalue weighted by Gasteiger charge is 2.17. The summed E-state index contributed by atoms with van der Waals surface area (Å²) in [5, 5.41) is 17.4. The zero-order valence-corrected chi connectivity index (χ0v) is 8.54. The summed E-state index contributed by atoms with van der Waals surface area (Å²) < 4.78 is 28.0. The first-order chi connectivity index (χ1) is 7.47. The first-order valence-corrected chi connectivity index (χ1v) is 4.36. The number of benzene rings is 1. The van der Waals surface area contributed by atoms with Gasteiger partial charge in [0.05, 0.1) is 5.56 Å². The molecule has 0 spiro atoms. The van der Waals surface area contributed by atoms with Crippen molar-refractivity contribution in [1.29, 1.82) is 5.26 Å². The molecule has 0 radical (unpaired) electrons. The molecule has 0 unspecified atom stereocenters.